The van der Waals surface area contributed by atoms with E-state index in [1.54, 1.807) is 44.4 Å². The lowest BCUT2D eigenvalue weighted by Crippen LogP contribution is -2.12. The number of rotatable bonds is 4. The van der Waals surface area contributed by atoms with Crippen LogP contribution in [0.2, 0.25) is 0 Å². The minimum atomic E-state index is -1.05. The second kappa shape index (κ2) is 5.72. The highest BCUT2D eigenvalue weighted by Gasteiger charge is 2.15. The molecule has 5 nitrogen and oxygen atoms in total. The number of aromatic carboxylic acids is 1. The van der Waals surface area contributed by atoms with Crippen molar-refractivity contribution >= 4 is 17.3 Å². The maximum atomic E-state index is 14.0. The number of imidazole rings is 1. The molecule has 0 atom stereocenters. The smallest absolute Gasteiger partial charge is 0.355 e. The zero-order chi connectivity index (χ0) is 16.6. The lowest BCUT2D eigenvalue weighted by molar-refractivity contribution is 0.0690. The second-order valence-corrected chi connectivity index (χ2v) is 5.39. The Bertz CT molecular complexity index is 902. The predicted molar refractivity (Wildman–Crippen MR) is 85.4 cm³/mol. The minimum Gasteiger partial charge on any atom is -0.476 e. The van der Waals surface area contributed by atoms with Gasteiger partial charge < -0.3 is 10.4 Å². The lowest BCUT2D eigenvalue weighted by atomic mass is 10.0. The summed E-state index contributed by atoms with van der Waals surface area (Å²) in [4.78, 5) is 15.6. The number of carboxylic acid groups (broad SMARTS) is 1. The molecule has 0 bridgehead atoms. The first-order valence-electron chi connectivity index (χ1n) is 7.17. The molecule has 2 aromatic heterocycles. The summed E-state index contributed by atoms with van der Waals surface area (Å²) in [5.41, 5.74) is 3.07. The van der Waals surface area contributed by atoms with Crippen LogP contribution in [0.25, 0.3) is 5.65 Å². The lowest BCUT2D eigenvalue weighted by Gasteiger charge is -2.13. The van der Waals surface area contributed by atoms with Crippen molar-refractivity contribution in [3.8, 4) is 0 Å². The van der Waals surface area contributed by atoms with Gasteiger partial charge in [0.25, 0.3) is 0 Å². The van der Waals surface area contributed by atoms with E-state index in [1.165, 1.54) is 4.40 Å². The van der Waals surface area contributed by atoms with Gasteiger partial charge in [-0.05, 0) is 42.7 Å². The third-order valence-electron chi connectivity index (χ3n) is 3.93. The summed E-state index contributed by atoms with van der Waals surface area (Å²) in [5.74, 6) is -1.28. The average molecular weight is 313 g/mol. The van der Waals surface area contributed by atoms with Gasteiger partial charge in [-0.15, -0.1) is 0 Å². The van der Waals surface area contributed by atoms with Crippen LogP contribution in [-0.2, 0) is 6.54 Å². The number of hydrogen-bond donors (Lipinski definition) is 2. The minimum absolute atomic E-state index is 0.102. The Labute approximate surface area is 132 Å². The molecule has 0 unspecified atom stereocenters. The number of nitrogens with one attached hydrogen (secondary N) is 1. The van der Waals surface area contributed by atoms with E-state index in [1.807, 2.05) is 6.07 Å². The van der Waals surface area contributed by atoms with Crippen molar-refractivity contribution in [2.45, 2.75) is 20.4 Å². The quantitative estimate of drug-likeness (QED) is 0.774. The van der Waals surface area contributed by atoms with Crippen molar-refractivity contribution in [1.29, 1.82) is 0 Å². The van der Waals surface area contributed by atoms with E-state index in [0.717, 1.165) is 5.56 Å². The van der Waals surface area contributed by atoms with E-state index in [9.17, 15) is 14.3 Å². The van der Waals surface area contributed by atoms with Gasteiger partial charge in [-0.2, -0.15) is 0 Å². The Morgan fingerprint density at radius 2 is 2.09 bits per heavy atom. The normalized spacial score (nSPS) is 10.9. The fourth-order valence-corrected chi connectivity index (χ4v) is 2.60. The van der Waals surface area contributed by atoms with Gasteiger partial charge in [0.15, 0.2) is 5.69 Å². The van der Waals surface area contributed by atoms with Crippen molar-refractivity contribution in [2.75, 3.05) is 5.32 Å². The van der Waals surface area contributed by atoms with Crippen molar-refractivity contribution < 1.29 is 14.3 Å². The van der Waals surface area contributed by atoms with E-state index in [-0.39, 0.29) is 11.5 Å². The molecule has 0 saturated carbocycles. The number of carboxylic acids is 1. The maximum absolute atomic E-state index is 14.0. The van der Waals surface area contributed by atoms with E-state index in [0.29, 0.717) is 29.0 Å². The molecule has 3 rings (SSSR count). The molecule has 0 aliphatic rings. The topological polar surface area (TPSA) is 66.6 Å². The number of pyridine rings is 1. The SMILES string of the molecule is Cc1ccc(CNc2ccc3nccn3c2C(=O)O)c(C)c1F. The first kappa shape index (κ1) is 15.0. The average Bonchev–Trinajstić information content (AvgIpc) is 2.99. The predicted octanol–water partition coefficient (Wildman–Crippen LogP) is 3.40. The van der Waals surface area contributed by atoms with E-state index in [4.69, 9.17) is 0 Å². The zero-order valence-electron chi connectivity index (χ0n) is 12.8. The number of fused-ring (bicyclic) bond motifs is 1. The molecule has 0 spiro atoms. The van der Waals surface area contributed by atoms with Gasteiger partial charge in [0.2, 0.25) is 0 Å². The summed E-state index contributed by atoms with van der Waals surface area (Å²) in [6.45, 7) is 3.77. The van der Waals surface area contributed by atoms with Crippen LogP contribution >= 0.6 is 0 Å². The van der Waals surface area contributed by atoms with Crippen LogP contribution in [0.5, 0.6) is 0 Å². The fourth-order valence-electron chi connectivity index (χ4n) is 2.60. The van der Waals surface area contributed by atoms with Gasteiger partial charge in [-0.3, -0.25) is 4.40 Å². The van der Waals surface area contributed by atoms with Gasteiger partial charge in [0, 0.05) is 18.9 Å². The first-order valence-corrected chi connectivity index (χ1v) is 7.17. The van der Waals surface area contributed by atoms with Crippen molar-refractivity contribution in [2.24, 2.45) is 0 Å². The molecule has 1 aromatic carbocycles. The summed E-state index contributed by atoms with van der Waals surface area (Å²) in [6.07, 6.45) is 3.14. The number of benzene rings is 1. The van der Waals surface area contributed by atoms with E-state index < -0.39 is 5.97 Å². The number of aryl methyl sites for hydroxylation is 1. The van der Waals surface area contributed by atoms with Crippen LogP contribution in [0, 0.1) is 19.7 Å². The molecule has 0 saturated heterocycles. The summed E-state index contributed by atoms with van der Waals surface area (Å²) < 4.78 is 15.5. The third kappa shape index (κ3) is 2.63. The molecule has 0 fully saturated rings. The van der Waals surface area contributed by atoms with Gasteiger partial charge in [0.05, 0.1) is 5.69 Å². The van der Waals surface area contributed by atoms with Crippen LogP contribution in [-0.4, -0.2) is 20.5 Å². The number of anilines is 1. The molecule has 0 amide bonds. The molecule has 23 heavy (non-hydrogen) atoms. The molecule has 0 radical (unpaired) electrons. The highest BCUT2D eigenvalue weighted by Crippen LogP contribution is 2.21. The standard InChI is InChI=1S/C17H16FN3O2/c1-10-3-4-12(11(2)15(10)18)9-20-13-5-6-14-19-7-8-21(14)16(13)17(22)23/h3-8,20H,9H2,1-2H3,(H,22,23). The van der Waals surface area contributed by atoms with Gasteiger partial charge in [-0.25, -0.2) is 14.2 Å². The van der Waals surface area contributed by atoms with Crippen LogP contribution < -0.4 is 5.32 Å². The van der Waals surface area contributed by atoms with Crippen molar-refractivity contribution in [3.63, 3.8) is 0 Å². The number of carbonyl (C=O) groups is 1. The molecule has 6 heteroatoms. The zero-order valence-corrected chi connectivity index (χ0v) is 12.8. The molecule has 3 aromatic rings. The number of nitrogens with zero attached hydrogens (tertiary/aromatic N) is 2. The van der Waals surface area contributed by atoms with Crippen LogP contribution in [0.3, 0.4) is 0 Å². The highest BCUT2D eigenvalue weighted by atomic mass is 19.1. The third-order valence-corrected chi connectivity index (χ3v) is 3.93. The summed E-state index contributed by atoms with van der Waals surface area (Å²) >= 11 is 0. The Kier molecular flexibility index (Phi) is 3.73. The number of hydrogen-bond acceptors (Lipinski definition) is 3. The Balaban J connectivity index is 1.95. The fraction of sp³-hybridized carbons (Fsp3) is 0.176. The second-order valence-electron chi connectivity index (χ2n) is 5.39. The van der Waals surface area contributed by atoms with Gasteiger partial charge in [-0.1, -0.05) is 12.1 Å². The van der Waals surface area contributed by atoms with E-state index in [2.05, 4.69) is 10.3 Å². The van der Waals surface area contributed by atoms with Crippen molar-refractivity contribution in [1.82, 2.24) is 9.38 Å². The summed E-state index contributed by atoms with van der Waals surface area (Å²) in [5, 5.41) is 12.5. The van der Waals surface area contributed by atoms with Crippen molar-refractivity contribution in [3.05, 3.63) is 64.9 Å². The number of halogens is 1. The molecular weight excluding hydrogens is 297 g/mol. The molecule has 2 N–H and O–H groups in total. The molecule has 0 aliphatic carbocycles. The molecule has 118 valence electrons. The highest BCUT2D eigenvalue weighted by molar-refractivity contribution is 5.93. The van der Waals surface area contributed by atoms with Gasteiger partial charge >= 0.3 is 5.97 Å². The van der Waals surface area contributed by atoms with Crippen LogP contribution in [0.4, 0.5) is 10.1 Å². The summed E-state index contributed by atoms with van der Waals surface area (Å²) in [7, 11) is 0. The summed E-state index contributed by atoms with van der Waals surface area (Å²) in [6, 6.07) is 6.97. The van der Waals surface area contributed by atoms with Gasteiger partial charge in [0.1, 0.15) is 11.5 Å². The van der Waals surface area contributed by atoms with E-state index >= 15 is 0 Å². The Morgan fingerprint density at radius 3 is 2.83 bits per heavy atom. The number of aromatic nitrogens is 2. The molecule has 2 heterocycles. The van der Waals surface area contributed by atoms with Crippen LogP contribution in [0.1, 0.15) is 27.2 Å². The Morgan fingerprint density at radius 1 is 1.30 bits per heavy atom. The molecular formula is C17H16FN3O2. The largest absolute Gasteiger partial charge is 0.476 e. The molecule has 0 aliphatic heterocycles. The van der Waals surface area contributed by atoms with Crippen LogP contribution in [0.15, 0.2) is 36.7 Å². The maximum Gasteiger partial charge on any atom is 0.355 e. The first-order chi connectivity index (χ1) is 11.0. The monoisotopic (exact) mass is 313 g/mol. The Hall–Kier alpha value is -2.89.